The number of amides is 2. The fraction of sp³-hybridized carbons (Fsp3) is 0.500. The Labute approximate surface area is 120 Å². The molecule has 112 valence electrons. The van der Waals surface area contributed by atoms with Crippen molar-refractivity contribution in [1.82, 2.24) is 0 Å². The number of anilines is 1. The number of hydrogen-bond donors (Lipinski definition) is 2. The predicted octanol–water partition coefficient (Wildman–Crippen LogP) is 2.73. The maximum Gasteiger partial charge on any atom is 0.316 e. The standard InChI is InChI=1S/C14H23N2O3P/c1-14(2,3)9-7-10(16-13(15)17)12(19-4)11(8-9)20(5,6)18/h7-8H,1-6H3,(H3,15,16,17). The van der Waals surface area contributed by atoms with E-state index in [4.69, 9.17) is 10.5 Å². The van der Waals surface area contributed by atoms with Gasteiger partial charge in [0.05, 0.1) is 18.1 Å². The van der Waals surface area contributed by atoms with Crippen LogP contribution < -0.4 is 21.1 Å². The summed E-state index contributed by atoms with van der Waals surface area (Å²) in [5, 5.41) is 3.15. The molecule has 0 saturated heterocycles. The normalized spacial score (nSPS) is 12.1. The van der Waals surface area contributed by atoms with E-state index in [0.717, 1.165) is 5.56 Å². The third kappa shape index (κ3) is 3.76. The highest BCUT2D eigenvalue weighted by molar-refractivity contribution is 7.70. The van der Waals surface area contributed by atoms with Crippen LogP contribution in [0.3, 0.4) is 0 Å². The molecule has 1 rings (SSSR count). The Bertz CT molecular complexity index is 571. The predicted molar refractivity (Wildman–Crippen MR) is 84.0 cm³/mol. The first-order chi connectivity index (χ1) is 8.96. The number of carbonyl (C=O) groups is 1. The number of benzene rings is 1. The van der Waals surface area contributed by atoms with Gasteiger partial charge in [-0.15, -0.1) is 0 Å². The number of urea groups is 1. The van der Waals surface area contributed by atoms with E-state index in [2.05, 4.69) is 5.32 Å². The maximum atomic E-state index is 12.5. The van der Waals surface area contributed by atoms with Gasteiger partial charge >= 0.3 is 6.03 Å². The largest absolute Gasteiger partial charge is 0.494 e. The molecule has 0 saturated carbocycles. The number of ether oxygens (including phenoxy) is 1. The highest BCUT2D eigenvalue weighted by Crippen LogP contribution is 2.43. The van der Waals surface area contributed by atoms with Gasteiger partial charge in [0.1, 0.15) is 7.14 Å². The number of nitrogens with one attached hydrogen (secondary N) is 1. The summed E-state index contributed by atoms with van der Waals surface area (Å²) in [6, 6.07) is 3.01. The van der Waals surface area contributed by atoms with Crippen LogP contribution >= 0.6 is 7.14 Å². The van der Waals surface area contributed by atoms with Crippen LogP contribution in [0.25, 0.3) is 0 Å². The Morgan fingerprint density at radius 1 is 1.30 bits per heavy atom. The lowest BCUT2D eigenvalue weighted by Crippen LogP contribution is -2.23. The Kier molecular flexibility index (Phi) is 4.55. The van der Waals surface area contributed by atoms with Gasteiger partial charge in [0.15, 0.2) is 5.75 Å². The van der Waals surface area contributed by atoms with E-state index in [1.165, 1.54) is 7.11 Å². The van der Waals surface area contributed by atoms with Crippen LogP contribution in [-0.4, -0.2) is 26.5 Å². The maximum absolute atomic E-state index is 12.5. The molecule has 0 aromatic heterocycles. The van der Waals surface area contributed by atoms with Crippen molar-refractivity contribution in [1.29, 1.82) is 0 Å². The first-order valence-corrected chi connectivity index (χ1v) is 8.91. The second-order valence-corrected chi connectivity index (χ2v) is 9.35. The monoisotopic (exact) mass is 298 g/mol. The van der Waals surface area contributed by atoms with Crippen molar-refractivity contribution in [2.45, 2.75) is 26.2 Å². The summed E-state index contributed by atoms with van der Waals surface area (Å²) in [7, 11) is -1.07. The molecule has 20 heavy (non-hydrogen) atoms. The molecule has 0 spiro atoms. The van der Waals surface area contributed by atoms with E-state index < -0.39 is 13.2 Å². The van der Waals surface area contributed by atoms with Crippen molar-refractivity contribution in [2.24, 2.45) is 5.73 Å². The molecule has 0 bridgehead atoms. The zero-order valence-electron chi connectivity index (χ0n) is 12.9. The van der Waals surface area contributed by atoms with E-state index in [9.17, 15) is 9.36 Å². The summed E-state index contributed by atoms with van der Waals surface area (Å²) in [5.74, 6) is 0.408. The molecule has 0 heterocycles. The van der Waals surface area contributed by atoms with Gasteiger partial charge in [-0.3, -0.25) is 0 Å². The fourth-order valence-corrected chi connectivity index (χ4v) is 3.04. The van der Waals surface area contributed by atoms with E-state index in [1.807, 2.05) is 32.9 Å². The molecular weight excluding hydrogens is 275 g/mol. The summed E-state index contributed by atoms with van der Waals surface area (Å²) in [6.07, 6.45) is 0. The van der Waals surface area contributed by atoms with Gasteiger partial charge in [0.2, 0.25) is 0 Å². The van der Waals surface area contributed by atoms with Crippen LogP contribution in [0.2, 0.25) is 0 Å². The third-order valence-electron chi connectivity index (χ3n) is 2.98. The third-order valence-corrected chi connectivity index (χ3v) is 4.47. The van der Waals surface area contributed by atoms with Crippen molar-refractivity contribution >= 4 is 24.2 Å². The first kappa shape index (κ1) is 16.6. The summed E-state index contributed by atoms with van der Waals surface area (Å²) >= 11 is 0. The molecule has 0 unspecified atom stereocenters. The molecule has 0 fully saturated rings. The van der Waals surface area contributed by atoms with Crippen molar-refractivity contribution in [3.05, 3.63) is 17.7 Å². The van der Waals surface area contributed by atoms with E-state index >= 15 is 0 Å². The lowest BCUT2D eigenvalue weighted by molar-refractivity contribution is 0.259. The molecule has 0 atom stereocenters. The van der Waals surface area contributed by atoms with Crippen LogP contribution in [0.4, 0.5) is 10.5 Å². The first-order valence-electron chi connectivity index (χ1n) is 6.31. The minimum atomic E-state index is -2.56. The average molecular weight is 298 g/mol. The summed E-state index contributed by atoms with van der Waals surface area (Å²) < 4.78 is 17.8. The van der Waals surface area contributed by atoms with E-state index in [0.29, 0.717) is 16.7 Å². The Hall–Kier alpha value is -1.48. The van der Waals surface area contributed by atoms with Gasteiger partial charge in [-0.1, -0.05) is 20.8 Å². The minimum absolute atomic E-state index is 0.149. The van der Waals surface area contributed by atoms with Crippen LogP contribution in [0.15, 0.2) is 12.1 Å². The smallest absolute Gasteiger partial charge is 0.316 e. The topological polar surface area (TPSA) is 81.4 Å². The molecule has 6 heteroatoms. The molecule has 5 nitrogen and oxygen atoms in total. The number of hydrogen-bond acceptors (Lipinski definition) is 3. The van der Waals surface area contributed by atoms with Gasteiger partial charge in [-0.25, -0.2) is 4.79 Å². The van der Waals surface area contributed by atoms with Crippen molar-refractivity contribution in [3.8, 4) is 5.75 Å². The van der Waals surface area contributed by atoms with Crippen LogP contribution in [0.1, 0.15) is 26.3 Å². The quantitative estimate of drug-likeness (QED) is 0.842. The van der Waals surface area contributed by atoms with Crippen LogP contribution in [0, 0.1) is 0 Å². The minimum Gasteiger partial charge on any atom is -0.494 e. The van der Waals surface area contributed by atoms with E-state index in [1.54, 1.807) is 13.3 Å². The number of primary amides is 1. The van der Waals surface area contributed by atoms with Gasteiger partial charge in [0, 0.05) is 0 Å². The number of carbonyl (C=O) groups excluding carboxylic acids is 1. The summed E-state index contributed by atoms with van der Waals surface area (Å²) in [4.78, 5) is 11.1. The SMILES string of the molecule is COc1c(NC(N)=O)cc(C(C)(C)C)cc1P(C)(C)=O. The Morgan fingerprint density at radius 2 is 1.85 bits per heavy atom. The Balaban J connectivity index is 3.65. The van der Waals surface area contributed by atoms with Crippen molar-refractivity contribution in [2.75, 3.05) is 25.8 Å². The fourth-order valence-electron chi connectivity index (χ4n) is 1.89. The number of rotatable bonds is 3. The lowest BCUT2D eigenvalue weighted by Gasteiger charge is -2.24. The molecule has 0 radical (unpaired) electrons. The molecular formula is C14H23N2O3P. The summed E-state index contributed by atoms with van der Waals surface area (Å²) in [5.41, 5.74) is 6.45. The highest BCUT2D eigenvalue weighted by Gasteiger charge is 2.25. The Morgan fingerprint density at radius 3 is 2.20 bits per heavy atom. The van der Waals surface area contributed by atoms with Gasteiger partial charge in [0.25, 0.3) is 0 Å². The molecule has 1 aromatic rings. The zero-order valence-corrected chi connectivity index (χ0v) is 13.8. The molecule has 3 N–H and O–H groups in total. The van der Waals surface area contributed by atoms with Gasteiger partial charge < -0.3 is 20.4 Å². The molecule has 0 aliphatic carbocycles. The molecule has 1 aromatic carbocycles. The van der Waals surface area contributed by atoms with Gasteiger partial charge in [-0.05, 0) is 36.4 Å². The highest BCUT2D eigenvalue weighted by atomic mass is 31.2. The van der Waals surface area contributed by atoms with Crippen molar-refractivity contribution < 1.29 is 14.1 Å². The van der Waals surface area contributed by atoms with Gasteiger partial charge in [-0.2, -0.15) is 0 Å². The van der Waals surface area contributed by atoms with E-state index in [-0.39, 0.29) is 5.41 Å². The molecule has 0 aliphatic heterocycles. The van der Waals surface area contributed by atoms with Crippen LogP contribution in [-0.2, 0) is 9.98 Å². The molecule has 0 aliphatic rings. The molecule has 2 amide bonds. The van der Waals surface area contributed by atoms with Crippen LogP contribution in [0.5, 0.6) is 5.75 Å². The number of methoxy groups -OCH3 is 1. The summed E-state index contributed by atoms with van der Waals surface area (Å²) in [6.45, 7) is 9.48. The lowest BCUT2D eigenvalue weighted by atomic mass is 9.86. The second-order valence-electron chi connectivity index (χ2n) is 6.17. The zero-order chi connectivity index (χ0) is 15.7. The van der Waals surface area contributed by atoms with Crippen molar-refractivity contribution in [3.63, 3.8) is 0 Å². The number of nitrogens with two attached hydrogens (primary N) is 1. The second kappa shape index (κ2) is 5.49. The average Bonchev–Trinajstić information content (AvgIpc) is 2.24.